The van der Waals surface area contributed by atoms with E-state index < -0.39 is 18.0 Å². The Hall–Kier alpha value is -2.67. The third kappa shape index (κ3) is 3.30. The van der Waals surface area contributed by atoms with E-state index in [9.17, 15) is 14.0 Å². The maximum absolute atomic E-state index is 13.6. The highest BCUT2D eigenvalue weighted by atomic mass is 19.1. The number of carbonyl (C=O) groups excluding carboxylic acids is 2. The molecule has 0 unspecified atom stereocenters. The number of hydrogen-bond acceptors (Lipinski definition) is 4. The Kier molecular flexibility index (Phi) is 4.61. The van der Waals surface area contributed by atoms with E-state index in [1.165, 1.54) is 29.4 Å². The lowest BCUT2D eigenvalue weighted by molar-refractivity contribution is -0.162. The Labute approximate surface area is 138 Å². The molecule has 2 heterocycles. The Morgan fingerprint density at radius 1 is 1.38 bits per heavy atom. The zero-order valence-electron chi connectivity index (χ0n) is 13.1. The van der Waals surface area contributed by atoms with Crippen LogP contribution in [0, 0.1) is 5.82 Å². The van der Waals surface area contributed by atoms with Crippen molar-refractivity contribution in [3.05, 3.63) is 59.8 Å². The van der Waals surface area contributed by atoms with Gasteiger partial charge in [0, 0.05) is 7.05 Å². The highest BCUT2D eigenvalue weighted by Gasteiger charge is 2.40. The molecule has 1 aromatic heterocycles. The molecule has 0 aliphatic carbocycles. The summed E-state index contributed by atoms with van der Waals surface area (Å²) in [5.74, 6) is -0.487. The molecule has 24 heavy (non-hydrogen) atoms. The van der Waals surface area contributed by atoms with Gasteiger partial charge in [-0.05, 0) is 29.8 Å². The lowest BCUT2D eigenvalue weighted by Gasteiger charge is -2.38. The van der Waals surface area contributed by atoms with Crippen LogP contribution in [-0.2, 0) is 20.9 Å². The highest BCUT2D eigenvalue weighted by molar-refractivity contribution is 5.86. The van der Waals surface area contributed by atoms with Gasteiger partial charge in [0.2, 0.25) is 5.91 Å². The highest BCUT2D eigenvalue weighted by Crippen LogP contribution is 2.29. The molecule has 2 aromatic rings. The van der Waals surface area contributed by atoms with E-state index in [0.717, 1.165) is 0 Å². The average Bonchev–Trinajstić information content (AvgIpc) is 3.08. The number of benzene rings is 1. The standard InChI is InChI=1S/C17H17FN2O4/c1-20-14(21)10-24-16(15(20)11-4-2-5-12(18)8-11)17(22)19-9-13-6-3-7-23-13/h2-8,15-16H,9-10H2,1H3,(H,19,22)/t15-,16-/m1/s1. The second kappa shape index (κ2) is 6.84. The van der Waals surface area contributed by atoms with E-state index in [1.807, 2.05) is 0 Å². The number of nitrogens with one attached hydrogen (secondary N) is 1. The summed E-state index contributed by atoms with van der Waals surface area (Å²) in [6.07, 6.45) is 0.588. The predicted octanol–water partition coefficient (Wildman–Crippen LogP) is 1.63. The predicted molar refractivity (Wildman–Crippen MR) is 82.2 cm³/mol. The molecule has 0 radical (unpaired) electrons. The fraction of sp³-hybridized carbons (Fsp3) is 0.294. The summed E-state index contributed by atoms with van der Waals surface area (Å²) in [5, 5.41) is 2.72. The molecular formula is C17H17FN2O4. The van der Waals surface area contributed by atoms with Crippen molar-refractivity contribution in [1.82, 2.24) is 10.2 Å². The molecule has 7 heteroatoms. The molecule has 2 amide bonds. The fourth-order valence-corrected chi connectivity index (χ4v) is 2.71. The zero-order chi connectivity index (χ0) is 17.1. The first kappa shape index (κ1) is 16.2. The topological polar surface area (TPSA) is 71.8 Å². The molecule has 1 fully saturated rings. The number of amides is 2. The Morgan fingerprint density at radius 2 is 2.21 bits per heavy atom. The van der Waals surface area contributed by atoms with Gasteiger partial charge in [0.25, 0.3) is 5.91 Å². The van der Waals surface area contributed by atoms with Crippen molar-refractivity contribution in [1.29, 1.82) is 0 Å². The Bertz CT molecular complexity index is 732. The molecule has 1 saturated heterocycles. The van der Waals surface area contributed by atoms with Crippen molar-refractivity contribution >= 4 is 11.8 Å². The van der Waals surface area contributed by atoms with E-state index in [2.05, 4.69) is 5.32 Å². The van der Waals surface area contributed by atoms with Crippen molar-refractivity contribution in [2.45, 2.75) is 18.7 Å². The van der Waals surface area contributed by atoms with Gasteiger partial charge in [-0.25, -0.2) is 4.39 Å². The molecule has 1 N–H and O–H groups in total. The SMILES string of the molecule is CN1C(=O)CO[C@@H](C(=O)NCc2ccco2)[C@H]1c1cccc(F)c1. The van der Waals surface area contributed by atoms with E-state index in [1.54, 1.807) is 25.2 Å². The van der Waals surface area contributed by atoms with Crippen LogP contribution in [-0.4, -0.2) is 36.5 Å². The molecule has 126 valence electrons. The summed E-state index contributed by atoms with van der Waals surface area (Å²) < 4.78 is 24.2. The Morgan fingerprint density at radius 3 is 2.92 bits per heavy atom. The van der Waals surface area contributed by atoms with E-state index in [0.29, 0.717) is 11.3 Å². The molecule has 2 atom stereocenters. The first-order valence-corrected chi connectivity index (χ1v) is 7.49. The van der Waals surface area contributed by atoms with Crippen LogP contribution in [0.15, 0.2) is 47.1 Å². The quantitative estimate of drug-likeness (QED) is 0.924. The molecule has 6 nitrogen and oxygen atoms in total. The largest absolute Gasteiger partial charge is 0.467 e. The summed E-state index contributed by atoms with van der Waals surface area (Å²) >= 11 is 0. The van der Waals surface area contributed by atoms with E-state index in [-0.39, 0.29) is 25.0 Å². The van der Waals surface area contributed by atoms with Gasteiger partial charge >= 0.3 is 0 Å². The number of ether oxygens (including phenoxy) is 1. The molecule has 0 spiro atoms. The second-order valence-electron chi connectivity index (χ2n) is 5.53. The molecular weight excluding hydrogens is 315 g/mol. The van der Waals surface area contributed by atoms with Crippen LogP contribution in [0.25, 0.3) is 0 Å². The van der Waals surface area contributed by atoms with Crippen molar-refractivity contribution in [2.75, 3.05) is 13.7 Å². The number of furan rings is 1. The number of rotatable bonds is 4. The van der Waals surface area contributed by atoms with Crippen molar-refractivity contribution in [2.24, 2.45) is 0 Å². The van der Waals surface area contributed by atoms with Gasteiger partial charge < -0.3 is 19.4 Å². The van der Waals surface area contributed by atoms with Crippen LogP contribution in [0.2, 0.25) is 0 Å². The Balaban J connectivity index is 1.80. The summed E-state index contributed by atoms with van der Waals surface area (Å²) in [5.41, 5.74) is 0.503. The molecule has 0 saturated carbocycles. The van der Waals surface area contributed by atoms with Crippen molar-refractivity contribution < 1.29 is 23.1 Å². The average molecular weight is 332 g/mol. The maximum Gasteiger partial charge on any atom is 0.252 e. The third-order valence-corrected chi connectivity index (χ3v) is 3.95. The minimum Gasteiger partial charge on any atom is -0.467 e. The third-order valence-electron chi connectivity index (χ3n) is 3.95. The molecule has 1 aliphatic heterocycles. The van der Waals surface area contributed by atoms with Crippen LogP contribution >= 0.6 is 0 Å². The van der Waals surface area contributed by atoms with Gasteiger partial charge in [0.05, 0.1) is 18.8 Å². The first-order chi connectivity index (χ1) is 11.6. The summed E-state index contributed by atoms with van der Waals surface area (Å²) in [6.45, 7) is 0.0143. The van der Waals surface area contributed by atoms with Gasteiger partial charge in [-0.1, -0.05) is 12.1 Å². The van der Waals surface area contributed by atoms with Gasteiger partial charge in [-0.3, -0.25) is 9.59 Å². The van der Waals surface area contributed by atoms with Crippen LogP contribution < -0.4 is 5.32 Å². The number of nitrogens with zero attached hydrogens (tertiary/aromatic N) is 1. The van der Waals surface area contributed by atoms with Crippen LogP contribution in [0.5, 0.6) is 0 Å². The molecule has 1 aromatic carbocycles. The van der Waals surface area contributed by atoms with Crippen LogP contribution in [0.1, 0.15) is 17.4 Å². The van der Waals surface area contributed by atoms with Crippen LogP contribution in [0.4, 0.5) is 4.39 Å². The first-order valence-electron chi connectivity index (χ1n) is 7.49. The van der Waals surface area contributed by atoms with Gasteiger partial charge in [0.15, 0.2) is 6.10 Å². The molecule has 3 rings (SSSR count). The molecule has 1 aliphatic rings. The minimum absolute atomic E-state index is 0.193. The molecule has 0 bridgehead atoms. The zero-order valence-corrected chi connectivity index (χ0v) is 13.1. The number of hydrogen-bond donors (Lipinski definition) is 1. The second-order valence-corrected chi connectivity index (χ2v) is 5.53. The van der Waals surface area contributed by atoms with Crippen LogP contribution in [0.3, 0.4) is 0 Å². The fourth-order valence-electron chi connectivity index (χ4n) is 2.71. The summed E-state index contributed by atoms with van der Waals surface area (Å²) in [4.78, 5) is 25.9. The van der Waals surface area contributed by atoms with Gasteiger partial charge in [-0.15, -0.1) is 0 Å². The maximum atomic E-state index is 13.6. The smallest absolute Gasteiger partial charge is 0.252 e. The minimum atomic E-state index is -0.926. The number of carbonyl (C=O) groups is 2. The van der Waals surface area contributed by atoms with E-state index in [4.69, 9.17) is 9.15 Å². The van der Waals surface area contributed by atoms with Gasteiger partial charge in [-0.2, -0.15) is 0 Å². The number of morpholine rings is 1. The van der Waals surface area contributed by atoms with Crippen molar-refractivity contribution in [3.63, 3.8) is 0 Å². The van der Waals surface area contributed by atoms with E-state index >= 15 is 0 Å². The normalized spacial score (nSPS) is 20.9. The van der Waals surface area contributed by atoms with Gasteiger partial charge in [0.1, 0.15) is 18.2 Å². The number of likely N-dealkylation sites (N-methyl/N-ethyl adjacent to an activating group) is 1. The monoisotopic (exact) mass is 332 g/mol. The summed E-state index contributed by atoms with van der Waals surface area (Å²) in [6, 6.07) is 8.58. The lowest BCUT2D eigenvalue weighted by atomic mass is 9.97. The van der Waals surface area contributed by atoms with Crippen molar-refractivity contribution in [3.8, 4) is 0 Å². The lowest BCUT2D eigenvalue weighted by Crippen LogP contribution is -2.52. The summed E-state index contributed by atoms with van der Waals surface area (Å²) in [7, 11) is 1.58. The number of halogens is 1.